The second kappa shape index (κ2) is 10.2. The van der Waals surface area contributed by atoms with Gasteiger partial charge in [0, 0.05) is 12.1 Å². The van der Waals surface area contributed by atoms with Crippen molar-refractivity contribution in [3.05, 3.63) is 40.5 Å². The normalized spacial score (nSPS) is 19.6. The van der Waals surface area contributed by atoms with Crippen LogP contribution < -0.4 is 0 Å². The summed E-state index contributed by atoms with van der Waals surface area (Å²) in [6.45, 7) is 3.52. The minimum atomic E-state index is -0.893. The van der Waals surface area contributed by atoms with Gasteiger partial charge in [0.05, 0.1) is 16.8 Å². The van der Waals surface area contributed by atoms with Gasteiger partial charge in [0.25, 0.3) is 0 Å². The third-order valence-electron chi connectivity index (χ3n) is 5.50. The van der Waals surface area contributed by atoms with Crippen molar-refractivity contribution in [2.45, 2.75) is 52.0 Å². The lowest BCUT2D eigenvalue weighted by atomic mass is 9.82. The summed E-state index contributed by atoms with van der Waals surface area (Å²) in [5.74, 6) is 0.201. The number of ether oxygens (including phenoxy) is 1. The van der Waals surface area contributed by atoms with E-state index in [9.17, 15) is 4.79 Å². The Balaban J connectivity index is 1.63. The maximum atomic E-state index is 10.6. The van der Waals surface area contributed by atoms with E-state index in [-0.39, 0.29) is 6.61 Å². The molecule has 0 radical (unpaired) electrons. The molecule has 6 heteroatoms. The predicted molar refractivity (Wildman–Crippen MR) is 113 cm³/mol. The van der Waals surface area contributed by atoms with E-state index in [2.05, 4.69) is 39.7 Å². The van der Waals surface area contributed by atoms with E-state index in [0.717, 1.165) is 60.8 Å². The summed E-state index contributed by atoms with van der Waals surface area (Å²) in [5, 5.41) is 13.6. The zero-order valence-corrected chi connectivity index (χ0v) is 18.0. The smallest absolute Gasteiger partial charge is 0.329 e. The summed E-state index contributed by atoms with van der Waals surface area (Å²) in [4.78, 5) is 10.6. The third-order valence-corrected chi connectivity index (χ3v) is 6.34. The lowest BCUT2D eigenvalue weighted by Gasteiger charge is -2.28. The molecular formula is C22H29BrN2O3. The minimum Gasteiger partial charge on any atom is -0.480 e. The molecule has 2 aromatic rings. The van der Waals surface area contributed by atoms with Crippen molar-refractivity contribution in [3.8, 4) is 11.3 Å². The lowest BCUT2D eigenvalue weighted by Crippen LogP contribution is -2.23. The number of rotatable bonds is 9. The van der Waals surface area contributed by atoms with Crippen LogP contribution in [0.15, 0.2) is 34.8 Å². The van der Waals surface area contributed by atoms with Crippen molar-refractivity contribution < 1.29 is 14.6 Å². The third kappa shape index (κ3) is 5.45. The Kier molecular flexibility index (Phi) is 7.68. The van der Waals surface area contributed by atoms with Gasteiger partial charge in [-0.3, -0.25) is 4.68 Å². The van der Waals surface area contributed by atoms with Gasteiger partial charge in [-0.15, -0.1) is 0 Å². The Morgan fingerprint density at radius 3 is 2.54 bits per heavy atom. The maximum Gasteiger partial charge on any atom is 0.329 e. The fourth-order valence-electron chi connectivity index (χ4n) is 4.02. The first-order valence-corrected chi connectivity index (χ1v) is 11.0. The number of halogens is 1. The quantitative estimate of drug-likeness (QED) is 0.574. The number of benzene rings is 1. The molecule has 0 aliphatic heterocycles. The number of hydrogen-bond acceptors (Lipinski definition) is 3. The van der Waals surface area contributed by atoms with Crippen LogP contribution in [-0.2, 0) is 22.5 Å². The van der Waals surface area contributed by atoms with E-state index in [1.54, 1.807) is 0 Å². The second-order valence-corrected chi connectivity index (χ2v) is 8.50. The summed E-state index contributed by atoms with van der Waals surface area (Å²) in [5.41, 5.74) is 3.46. The highest BCUT2D eigenvalue weighted by molar-refractivity contribution is 9.10. The van der Waals surface area contributed by atoms with Crippen LogP contribution in [0.4, 0.5) is 0 Å². The molecule has 0 saturated heterocycles. The summed E-state index contributed by atoms with van der Waals surface area (Å²) >= 11 is 3.81. The molecular weight excluding hydrogens is 420 g/mol. The van der Waals surface area contributed by atoms with E-state index >= 15 is 0 Å². The molecule has 1 aliphatic rings. The van der Waals surface area contributed by atoms with E-state index in [0.29, 0.717) is 18.4 Å². The number of hydrogen-bond donors (Lipinski definition) is 1. The van der Waals surface area contributed by atoms with Crippen LogP contribution in [0.2, 0.25) is 0 Å². The van der Waals surface area contributed by atoms with E-state index in [4.69, 9.17) is 14.9 Å². The molecule has 0 unspecified atom stereocenters. The van der Waals surface area contributed by atoms with Crippen LogP contribution in [0.5, 0.6) is 0 Å². The van der Waals surface area contributed by atoms with E-state index in [1.807, 2.05) is 18.2 Å². The molecule has 0 bridgehead atoms. The van der Waals surface area contributed by atoms with Crippen LogP contribution in [0.3, 0.4) is 0 Å². The van der Waals surface area contributed by atoms with Gasteiger partial charge in [-0.1, -0.05) is 43.7 Å². The van der Waals surface area contributed by atoms with Crippen LogP contribution in [-0.4, -0.2) is 34.1 Å². The topological polar surface area (TPSA) is 64.4 Å². The van der Waals surface area contributed by atoms with Gasteiger partial charge in [-0.25, -0.2) is 4.79 Å². The molecule has 3 rings (SSSR count). The van der Waals surface area contributed by atoms with Crippen LogP contribution in [0, 0.1) is 11.8 Å². The number of carboxylic acid groups (broad SMARTS) is 1. The summed E-state index contributed by atoms with van der Waals surface area (Å²) < 4.78 is 8.62. The van der Waals surface area contributed by atoms with Gasteiger partial charge in [0.2, 0.25) is 0 Å². The second-order valence-electron chi connectivity index (χ2n) is 7.70. The highest BCUT2D eigenvalue weighted by Crippen LogP contribution is 2.34. The van der Waals surface area contributed by atoms with Gasteiger partial charge < -0.3 is 9.84 Å². The molecule has 1 aromatic heterocycles. The molecule has 5 nitrogen and oxygen atoms in total. The molecule has 1 N–H and O–H groups in total. The van der Waals surface area contributed by atoms with Crippen molar-refractivity contribution in [1.29, 1.82) is 0 Å². The molecule has 1 fully saturated rings. The number of carbonyl (C=O) groups is 1. The Labute approximate surface area is 175 Å². The van der Waals surface area contributed by atoms with Crippen molar-refractivity contribution in [3.63, 3.8) is 0 Å². The molecule has 0 atom stereocenters. The molecule has 0 amide bonds. The first-order valence-electron chi connectivity index (χ1n) is 10.2. The molecule has 28 heavy (non-hydrogen) atoms. The highest BCUT2D eigenvalue weighted by atomic mass is 79.9. The summed E-state index contributed by atoms with van der Waals surface area (Å²) in [7, 11) is 0. The van der Waals surface area contributed by atoms with Crippen LogP contribution >= 0.6 is 15.9 Å². The zero-order valence-electron chi connectivity index (χ0n) is 16.4. The standard InChI is InChI=1S/C22H29BrN2O3/c1-2-6-19-21(23)22(18-7-4-3-5-8-18)24-25(19)13-16-9-11-17(12-10-16)14-28-15-20(26)27/h3-5,7-8,16-17H,2,6,9-15H2,1H3,(H,26,27)/t16-,17-. The first kappa shape index (κ1) is 21.1. The van der Waals surface area contributed by atoms with Gasteiger partial charge in [0.1, 0.15) is 12.3 Å². The fraction of sp³-hybridized carbons (Fsp3) is 0.545. The minimum absolute atomic E-state index is 0.191. The van der Waals surface area contributed by atoms with Gasteiger partial charge in [-0.05, 0) is 59.9 Å². The predicted octanol–water partition coefficient (Wildman–Crippen LogP) is 5.17. The van der Waals surface area contributed by atoms with E-state index < -0.39 is 5.97 Å². The monoisotopic (exact) mass is 448 g/mol. The lowest BCUT2D eigenvalue weighted by molar-refractivity contribution is -0.142. The average Bonchev–Trinajstić information content (AvgIpc) is 3.00. The molecule has 1 aliphatic carbocycles. The average molecular weight is 449 g/mol. The first-order chi connectivity index (χ1) is 13.6. The van der Waals surface area contributed by atoms with Crippen molar-refractivity contribution >= 4 is 21.9 Å². The molecule has 1 saturated carbocycles. The number of nitrogens with zero attached hydrogens (tertiary/aromatic N) is 2. The summed E-state index contributed by atoms with van der Waals surface area (Å²) in [6, 6.07) is 10.3. The SMILES string of the molecule is CCCc1c(Br)c(-c2ccccc2)nn1C[C@H]1CC[C@H](COCC(=O)O)CC1. The van der Waals surface area contributed by atoms with Gasteiger partial charge in [-0.2, -0.15) is 5.10 Å². The number of aliphatic carboxylic acids is 1. The number of aromatic nitrogens is 2. The van der Waals surface area contributed by atoms with Crippen molar-refractivity contribution in [2.24, 2.45) is 11.8 Å². The van der Waals surface area contributed by atoms with E-state index in [1.165, 1.54) is 5.69 Å². The zero-order chi connectivity index (χ0) is 19.9. The highest BCUT2D eigenvalue weighted by Gasteiger charge is 2.24. The maximum absolute atomic E-state index is 10.6. The molecule has 1 aromatic carbocycles. The fourth-order valence-corrected chi connectivity index (χ4v) is 4.73. The Hall–Kier alpha value is -1.66. The van der Waals surface area contributed by atoms with Crippen molar-refractivity contribution in [1.82, 2.24) is 9.78 Å². The van der Waals surface area contributed by atoms with Crippen LogP contribution in [0.25, 0.3) is 11.3 Å². The van der Waals surface area contributed by atoms with Gasteiger partial charge in [0.15, 0.2) is 0 Å². The Morgan fingerprint density at radius 2 is 1.89 bits per heavy atom. The van der Waals surface area contributed by atoms with Gasteiger partial charge >= 0.3 is 5.97 Å². The Bertz CT molecular complexity index is 768. The molecule has 152 valence electrons. The summed E-state index contributed by atoms with van der Waals surface area (Å²) in [6.07, 6.45) is 6.59. The Morgan fingerprint density at radius 1 is 1.21 bits per heavy atom. The molecule has 1 heterocycles. The largest absolute Gasteiger partial charge is 0.480 e. The van der Waals surface area contributed by atoms with Crippen LogP contribution in [0.1, 0.15) is 44.7 Å². The number of carboxylic acids is 1. The molecule has 0 spiro atoms. The van der Waals surface area contributed by atoms with Crippen molar-refractivity contribution in [2.75, 3.05) is 13.2 Å².